The molecular formula is C9H11N3O2. The Hall–Kier alpha value is -1.67. The number of nitrogens with zero attached hydrogens (tertiary/aromatic N) is 3. The van der Waals surface area contributed by atoms with Crippen molar-refractivity contribution >= 4 is 0 Å². The molecule has 0 saturated carbocycles. The Morgan fingerprint density at radius 1 is 1.64 bits per heavy atom. The van der Waals surface area contributed by atoms with Crippen molar-refractivity contribution in [2.24, 2.45) is 0 Å². The third-order valence-electron chi connectivity index (χ3n) is 1.74. The molecule has 0 aliphatic heterocycles. The van der Waals surface area contributed by atoms with Gasteiger partial charge in [-0.25, -0.2) is 4.98 Å². The SMILES string of the molecule is COc1cc(C(C#N)CO)nc(C)n1. The fourth-order valence-electron chi connectivity index (χ4n) is 1.05. The summed E-state index contributed by atoms with van der Waals surface area (Å²) < 4.78 is 4.93. The largest absolute Gasteiger partial charge is 0.481 e. The maximum absolute atomic E-state index is 8.91. The molecule has 5 nitrogen and oxygen atoms in total. The topological polar surface area (TPSA) is 79.0 Å². The molecule has 0 bridgehead atoms. The molecule has 1 unspecified atom stereocenters. The maximum Gasteiger partial charge on any atom is 0.216 e. The van der Waals surface area contributed by atoms with Gasteiger partial charge in [0, 0.05) is 6.07 Å². The van der Waals surface area contributed by atoms with E-state index >= 15 is 0 Å². The smallest absolute Gasteiger partial charge is 0.216 e. The average Bonchev–Trinajstić information content (AvgIpc) is 2.19. The van der Waals surface area contributed by atoms with Crippen LogP contribution in [0.4, 0.5) is 0 Å². The van der Waals surface area contributed by atoms with Crippen LogP contribution >= 0.6 is 0 Å². The second-order valence-electron chi connectivity index (χ2n) is 2.75. The van der Waals surface area contributed by atoms with Gasteiger partial charge < -0.3 is 9.84 Å². The van der Waals surface area contributed by atoms with Crippen LogP contribution in [0.5, 0.6) is 5.88 Å². The molecule has 1 aromatic heterocycles. The molecule has 0 aromatic carbocycles. The van der Waals surface area contributed by atoms with E-state index in [0.717, 1.165) is 0 Å². The second kappa shape index (κ2) is 4.53. The molecule has 0 aliphatic carbocycles. The van der Waals surface area contributed by atoms with Gasteiger partial charge >= 0.3 is 0 Å². The first-order valence-corrected chi connectivity index (χ1v) is 4.11. The summed E-state index contributed by atoms with van der Waals surface area (Å²) in [6.07, 6.45) is 0. The molecule has 5 heteroatoms. The van der Waals surface area contributed by atoms with E-state index in [-0.39, 0.29) is 6.61 Å². The van der Waals surface area contributed by atoms with Gasteiger partial charge in [0.2, 0.25) is 5.88 Å². The summed E-state index contributed by atoms with van der Waals surface area (Å²) in [5.74, 6) is 0.305. The van der Waals surface area contributed by atoms with E-state index in [4.69, 9.17) is 15.1 Å². The summed E-state index contributed by atoms with van der Waals surface area (Å²) in [6, 6.07) is 3.50. The van der Waals surface area contributed by atoms with Gasteiger partial charge in [0.1, 0.15) is 11.7 Å². The zero-order valence-corrected chi connectivity index (χ0v) is 8.06. The number of ether oxygens (including phenoxy) is 1. The first-order chi connectivity index (χ1) is 6.71. The van der Waals surface area contributed by atoms with E-state index in [1.165, 1.54) is 7.11 Å². The van der Waals surface area contributed by atoms with Crippen LogP contribution in [-0.2, 0) is 0 Å². The van der Waals surface area contributed by atoms with Crippen LogP contribution in [0, 0.1) is 18.3 Å². The second-order valence-corrected chi connectivity index (χ2v) is 2.75. The number of aromatic nitrogens is 2. The molecule has 0 radical (unpaired) electrons. The molecule has 1 N–H and O–H groups in total. The van der Waals surface area contributed by atoms with E-state index in [1.54, 1.807) is 13.0 Å². The van der Waals surface area contributed by atoms with E-state index in [9.17, 15) is 0 Å². The van der Waals surface area contributed by atoms with Crippen molar-refractivity contribution in [3.63, 3.8) is 0 Å². The number of aryl methyl sites for hydroxylation is 1. The highest BCUT2D eigenvalue weighted by molar-refractivity contribution is 5.23. The van der Waals surface area contributed by atoms with E-state index in [1.807, 2.05) is 6.07 Å². The molecule has 1 rings (SSSR count). The number of methoxy groups -OCH3 is 1. The lowest BCUT2D eigenvalue weighted by Gasteiger charge is -2.07. The van der Waals surface area contributed by atoms with Crippen molar-refractivity contribution in [3.8, 4) is 11.9 Å². The predicted molar refractivity (Wildman–Crippen MR) is 48.8 cm³/mol. The number of rotatable bonds is 3. The van der Waals surface area contributed by atoms with Crippen molar-refractivity contribution in [2.45, 2.75) is 12.8 Å². The average molecular weight is 193 g/mol. The fourth-order valence-corrected chi connectivity index (χ4v) is 1.05. The Morgan fingerprint density at radius 3 is 2.86 bits per heavy atom. The van der Waals surface area contributed by atoms with Crippen LogP contribution < -0.4 is 4.74 Å². The first-order valence-electron chi connectivity index (χ1n) is 4.11. The molecule has 1 atom stereocenters. The van der Waals surface area contributed by atoms with Gasteiger partial charge in [-0.05, 0) is 6.92 Å². The number of aliphatic hydroxyl groups excluding tert-OH is 1. The van der Waals surface area contributed by atoms with Gasteiger partial charge in [-0.15, -0.1) is 0 Å². The van der Waals surface area contributed by atoms with Crippen molar-refractivity contribution in [1.82, 2.24) is 9.97 Å². The molecular weight excluding hydrogens is 182 g/mol. The maximum atomic E-state index is 8.91. The molecule has 0 spiro atoms. The number of hydrogen-bond donors (Lipinski definition) is 1. The summed E-state index contributed by atoms with van der Waals surface area (Å²) in [4.78, 5) is 8.03. The van der Waals surface area contributed by atoms with Crippen molar-refractivity contribution in [1.29, 1.82) is 5.26 Å². The Morgan fingerprint density at radius 2 is 2.36 bits per heavy atom. The first kappa shape index (κ1) is 10.4. The molecule has 0 fully saturated rings. The van der Waals surface area contributed by atoms with Gasteiger partial charge in [0.05, 0.1) is 25.5 Å². The molecule has 0 amide bonds. The molecule has 0 aliphatic rings. The summed E-state index contributed by atoms with van der Waals surface area (Å²) in [5, 5.41) is 17.6. The van der Waals surface area contributed by atoms with Gasteiger partial charge in [0.15, 0.2) is 0 Å². The lowest BCUT2D eigenvalue weighted by Crippen LogP contribution is -2.06. The van der Waals surface area contributed by atoms with Crippen molar-refractivity contribution in [2.75, 3.05) is 13.7 Å². The Kier molecular flexibility index (Phi) is 3.37. The quantitative estimate of drug-likeness (QED) is 0.751. The highest BCUT2D eigenvalue weighted by Gasteiger charge is 2.13. The zero-order valence-electron chi connectivity index (χ0n) is 8.06. The fraction of sp³-hybridized carbons (Fsp3) is 0.444. The monoisotopic (exact) mass is 193 g/mol. The van der Waals surface area contributed by atoms with E-state index < -0.39 is 5.92 Å². The van der Waals surface area contributed by atoms with Crippen LogP contribution in [0.15, 0.2) is 6.07 Å². The lowest BCUT2D eigenvalue weighted by atomic mass is 10.1. The third kappa shape index (κ3) is 2.18. The van der Waals surface area contributed by atoms with Crippen LogP contribution in [0.25, 0.3) is 0 Å². The summed E-state index contributed by atoms with van der Waals surface area (Å²) in [7, 11) is 1.49. The van der Waals surface area contributed by atoms with Gasteiger partial charge in [-0.1, -0.05) is 0 Å². The van der Waals surface area contributed by atoms with Gasteiger partial charge in [-0.3, -0.25) is 0 Å². The van der Waals surface area contributed by atoms with Gasteiger partial charge in [0.25, 0.3) is 0 Å². The minimum Gasteiger partial charge on any atom is -0.481 e. The molecule has 1 heterocycles. The van der Waals surface area contributed by atoms with Crippen LogP contribution in [0.2, 0.25) is 0 Å². The predicted octanol–water partition coefficient (Wildman–Crippen LogP) is 0.393. The van der Waals surface area contributed by atoms with Crippen LogP contribution in [0.1, 0.15) is 17.4 Å². The summed E-state index contributed by atoms with van der Waals surface area (Å²) >= 11 is 0. The molecule has 74 valence electrons. The van der Waals surface area contributed by atoms with E-state index in [2.05, 4.69) is 9.97 Å². The van der Waals surface area contributed by atoms with E-state index in [0.29, 0.717) is 17.4 Å². The number of aliphatic hydroxyl groups is 1. The normalized spacial score (nSPS) is 11.9. The highest BCUT2D eigenvalue weighted by Crippen LogP contribution is 2.16. The Balaban J connectivity index is 3.09. The van der Waals surface area contributed by atoms with Crippen molar-refractivity contribution in [3.05, 3.63) is 17.6 Å². The molecule has 0 saturated heterocycles. The Labute approximate surface area is 82.0 Å². The Bertz CT molecular complexity index is 360. The minimum absolute atomic E-state index is 0.254. The number of nitriles is 1. The van der Waals surface area contributed by atoms with Crippen LogP contribution in [-0.4, -0.2) is 28.8 Å². The summed E-state index contributed by atoms with van der Waals surface area (Å²) in [6.45, 7) is 1.45. The minimum atomic E-state index is -0.620. The highest BCUT2D eigenvalue weighted by atomic mass is 16.5. The van der Waals surface area contributed by atoms with Crippen LogP contribution in [0.3, 0.4) is 0 Å². The van der Waals surface area contributed by atoms with Crippen molar-refractivity contribution < 1.29 is 9.84 Å². The lowest BCUT2D eigenvalue weighted by molar-refractivity contribution is 0.283. The molecule has 1 aromatic rings. The third-order valence-corrected chi connectivity index (χ3v) is 1.74. The standard InChI is InChI=1S/C9H11N3O2/c1-6-11-8(7(4-10)5-13)3-9(12-6)14-2/h3,7,13H,5H2,1-2H3. The zero-order chi connectivity index (χ0) is 10.6. The summed E-state index contributed by atoms with van der Waals surface area (Å²) in [5.41, 5.74) is 0.486. The van der Waals surface area contributed by atoms with Gasteiger partial charge in [-0.2, -0.15) is 10.2 Å². The molecule has 14 heavy (non-hydrogen) atoms. The number of hydrogen-bond acceptors (Lipinski definition) is 5.